The summed E-state index contributed by atoms with van der Waals surface area (Å²) < 4.78 is 105. The Balaban J connectivity index is 2.07. The summed E-state index contributed by atoms with van der Waals surface area (Å²) in [6.07, 6.45) is -9.44. The number of benzene rings is 2. The molecular formula is C20H13ClF6N2O4S2. The minimum Gasteiger partial charge on any atom is -0.258 e. The summed E-state index contributed by atoms with van der Waals surface area (Å²) >= 11 is 6.10. The van der Waals surface area contributed by atoms with Crippen molar-refractivity contribution >= 4 is 38.6 Å². The average molecular weight is 559 g/mol. The van der Waals surface area contributed by atoms with Crippen LogP contribution >= 0.6 is 22.9 Å². The molecule has 0 N–H and O–H groups in total. The molecule has 0 aliphatic rings. The number of hydrogen-bond donors (Lipinski definition) is 0. The second-order valence-electron chi connectivity index (χ2n) is 7.15. The van der Waals surface area contributed by atoms with E-state index < -0.39 is 65.7 Å². The molecule has 0 bridgehead atoms. The van der Waals surface area contributed by atoms with Crippen molar-refractivity contribution in [2.75, 3.05) is 0 Å². The molecule has 1 heterocycles. The molecule has 0 atom stereocenters. The lowest BCUT2D eigenvalue weighted by molar-refractivity contribution is -0.384. The van der Waals surface area contributed by atoms with Crippen LogP contribution in [0.3, 0.4) is 0 Å². The van der Waals surface area contributed by atoms with E-state index >= 15 is 0 Å². The monoisotopic (exact) mass is 558 g/mol. The predicted molar refractivity (Wildman–Crippen MR) is 115 cm³/mol. The minimum absolute atomic E-state index is 0.104. The number of halogens is 7. The summed E-state index contributed by atoms with van der Waals surface area (Å²) in [7, 11) is -4.63. The first-order valence-corrected chi connectivity index (χ1v) is 12.0. The molecule has 15 heteroatoms. The van der Waals surface area contributed by atoms with Crippen molar-refractivity contribution in [2.45, 2.75) is 29.7 Å². The third-order valence-electron chi connectivity index (χ3n) is 4.66. The van der Waals surface area contributed by atoms with Crippen molar-refractivity contribution in [1.29, 1.82) is 0 Å². The number of alkyl halides is 6. The maximum Gasteiger partial charge on any atom is 0.416 e. The zero-order valence-corrected chi connectivity index (χ0v) is 19.5. The molecular weight excluding hydrogens is 546 g/mol. The Bertz CT molecular complexity index is 1300. The molecule has 0 spiro atoms. The Morgan fingerprint density at radius 3 is 1.71 bits per heavy atom. The molecule has 3 aromatic rings. The van der Waals surface area contributed by atoms with Crippen LogP contribution in [0.5, 0.6) is 0 Å². The van der Waals surface area contributed by atoms with E-state index in [1.54, 1.807) is 0 Å². The third-order valence-corrected chi connectivity index (χ3v) is 8.24. The van der Waals surface area contributed by atoms with Gasteiger partial charge in [0.15, 0.2) is 4.34 Å². The number of sulfonamides is 1. The van der Waals surface area contributed by atoms with E-state index in [1.807, 2.05) is 0 Å². The van der Waals surface area contributed by atoms with Crippen LogP contribution in [0.15, 0.2) is 58.8 Å². The Morgan fingerprint density at radius 2 is 1.34 bits per heavy atom. The van der Waals surface area contributed by atoms with Crippen LogP contribution in [0.4, 0.5) is 32.0 Å². The van der Waals surface area contributed by atoms with Crippen molar-refractivity contribution in [1.82, 2.24) is 4.31 Å². The largest absolute Gasteiger partial charge is 0.416 e. The van der Waals surface area contributed by atoms with Crippen LogP contribution in [0.1, 0.15) is 22.3 Å². The maximum absolute atomic E-state index is 13.3. The van der Waals surface area contributed by atoms with E-state index in [0.29, 0.717) is 33.8 Å². The molecule has 0 saturated carbocycles. The second kappa shape index (κ2) is 9.76. The van der Waals surface area contributed by atoms with Crippen LogP contribution in [0.2, 0.25) is 4.34 Å². The summed E-state index contributed by atoms with van der Waals surface area (Å²) in [5.41, 5.74) is -3.02. The molecule has 0 unspecified atom stereocenters. The van der Waals surface area contributed by atoms with Gasteiger partial charge in [-0.25, -0.2) is 8.42 Å². The van der Waals surface area contributed by atoms with Gasteiger partial charge in [-0.15, -0.1) is 11.3 Å². The lowest BCUT2D eigenvalue weighted by Gasteiger charge is -2.22. The highest BCUT2D eigenvalue weighted by Gasteiger charge is 2.34. The minimum atomic E-state index is -4.72. The fourth-order valence-electron chi connectivity index (χ4n) is 3.04. The van der Waals surface area contributed by atoms with Crippen LogP contribution < -0.4 is 0 Å². The Kier molecular flexibility index (Phi) is 7.50. The van der Waals surface area contributed by atoms with E-state index in [1.165, 1.54) is 12.1 Å². The van der Waals surface area contributed by atoms with Gasteiger partial charge < -0.3 is 0 Å². The van der Waals surface area contributed by atoms with Gasteiger partial charge in [-0.1, -0.05) is 48.0 Å². The molecule has 0 radical (unpaired) electrons. The van der Waals surface area contributed by atoms with Gasteiger partial charge in [-0.3, -0.25) is 10.1 Å². The molecule has 3 rings (SSSR count). The van der Waals surface area contributed by atoms with E-state index in [0.717, 1.165) is 24.3 Å². The standard InChI is InChI=1S/C20H13ClF6N2O4S2/c21-18-16(29(30)31)9-17(34-18)35(32,33)28(10-12-3-1-5-14(7-12)19(22,23)24)11-13-4-2-6-15(8-13)20(25,26)27/h1-9H,10-11H2. The summed E-state index contributed by atoms with van der Waals surface area (Å²) in [6.45, 7) is -1.32. The Hall–Kier alpha value is -2.68. The number of nitro groups is 1. The van der Waals surface area contributed by atoms with Crippen molar-refractivity contribution in [2.24, 2.45) is 0 Å². The first-order chi connectivity index (χ1) is 16.1. The lowest BCUT2D eigenvalue weighted by Crippen LogP contribution is -2.30. The van der Waals surface area contributed by atoms with Crippen molar-refractivity contribution in [3.63, 3.8) is 0 Å². The first-order valence-electron chi connectivity index (χ1n) is 9.35. The van der Waals surface area contributed by atoms with Crippen LogP contribution in [-0.2, 0) is 35.5 Å². The van der Waals surface area contributed by atoms with E-state index in [4.69, 9.17) is 11.6 Å². The molecule has 188 valence electrons. The number of nitrogens with zero attached hydrogens (tertiary/aromatic N) is 2. The van der Waals surface area contributed by atoms with Gasteiger partial charge in [-0.05, 0) is 23.3 Å². The van der Waals surface area contributed by atoms with Gasteiger partial charge >= 0.3 is 12.4 Å². The Morgan fingerprint density at radius 1 is 0.886 bits per heavy atom. The van der Waals surface area contributed by atoms with Gasteiger partial charge in [0.05, 0.1) is 16.1 Å². The van der Waals surface area contributed by atoms with Crippen LogP contribution in [0.25, 0.3) is 0 Å². The number of rotatable bonds is 7. The first kappa shape index (κ1) is 26.9. The van der Waals surface area contributed by atoms with E-state index in [-0.39, 0.29) is 11.1 Å². The summed E-state index contributed by atoms with van der Waals surface area (Å²) in [5, 5.41) is 11.1. The quantitative estimate of drug-likeness (QED) is 0.183. The molecule has 0 aliphatic carbocycles. The van der Waals surface area contributed by atoms with Gasteiger partial charge in [0.2, 0.25) is 0 Å². The summed E-state index contributed by atoms with van der Waals surface area (Å²) in [5.74, 6) is 0. The fraction of sp³-hybridized carbons (Fsp3) is 0.200. The molecule has 0 fully saturated rings. The Labute approximate surface area is 203 Å². The predicted octanol–water partition coefficient (Wildman–Crippen LogP) is 6.74. The van der Waals surface area contributed by atoms with Gasteiger partial charge in [0.1, 0.15) is 4.21 Å². The van der Waals surface area contributed by atoms with Gasteiger partial charge in [0, 0.05) is 19.2 Å². The summed E-state index contributed by atoms with van der Waals surface area (Å²) in [4.78, 5) is 10.2. The molecule has 1 aromatic heterocycles. The fourth-order valence-corrected chi connectivity index (χ4v) is 6.28. The molecule has 6 nitrogen and oxygen atoms in total. The van der Waals surface area contributed by atoms with Crippen molar-refractivity contribution < 1.29 is 39.7 Å². The normalized spacial score (nSPS) is 12.8. The summed E-state index contributed by atoms with van der Waals surface area (Å²) in [6, 6.07) is 8.20. The SMILES string of the molecule is O=[N+]([O-])c1cc(S(=O)(=O)N(Cc2cccc(C(F)(F)F)c2)Cc2cccc(C(F)(F)F)c2)sc1Cl. The topological polar surface area (TPSA) is 80.5 Å². The molecule has 2 aromatic carbocycles. The van der Waals surface area contributed by atoms with Crippen molar-refractivity contribution in [3.8, 4) is 0 Å². The van der Waals surface area contributed by atoms with Gasteiger partial charge in [0.25, 0.3) is 15.7 Å². The highest BCUT2D eigenvalue weighted by Crippen LogP contribution is 2.39. The lowest BCUT2D eigenvalue weighted by atomic mass is 10.1. The van der Waals surface area contributed by atoms with Crippen LogP contribution in [0, 0.1) is 10.1 Å². The van der Waals surface area contributed by atoms with E-state index in [9.17, 15) is 44.9 Å². The molecule has 35 heavy (non-hydrogen) atoms. The van der Waals surface area contributed by atoms with Crippen LogP contribution in [-0.4, -0.2) is 17.6 Å². The maximum atomic E-state index is 13.3. The number of thiophene rings is 1. The second-order valence-corrected chi connectivity index (χ2v) is 11.0. The van der Waals surface area contributed by atoms with Gasteiger partial charge in [-0.2, -0.15) is 30.6 Å². The zero-order valence-electron chi connectivity index (χ0n) is 17.1. The van der Waals surface area contributed by atoms with Crippen molar-refractivity contribution in [3.05, 3.63) is 91.3 Å². The zero-order chi connectivity index (χ0) is 26.2. The molecule has 0 amide bonds. The van der Waals surface area contributed by atoms with E-state index in [2.05, 4.69) is 0 Å². The highest BCUT2D eigenvalue weighted by molar-refractivity contribution is 7.91. The highest BCUT2D eigenvalue weighted by atomic mass is 35.5. The average Bonchev–Trinajstić information content (AvgIpc) is 3.15. The number of hydrogen-bond acceptors (Lipinski definition) is 5. The molecule has 0 aliphatic heterocycles. The smallest absolute Gasteiger partial charge is 0.258 e. The molecule has 0 saturated heterocycles. The third kappa shape index (κ3) is 6.31.